The number of hydrogen-bond acceptors (Lipinski definition) is 4. The molecule has 38 heavy (non-hydrogen) atoms. The zero-order valence-electron chi connectivity index (χ0n) is 21.6. The molecule has 11 heteroatoms. The quantitative estimate of drug-likeness (QED) is 0.349. The number of alkyl halides is 2. The van der Waals surface area contributed by atoms with E-state index in [1.807, 2.05) is 24.8 Å². The maximum Gasteiger partial charge on any atom is 0.239 e. The Balaban J connectivity index is 0.000000279. The standard InChI is InChI=1S/C21H26F2O4S.2C3H4N2/c1-10-6-12-13-8-15(22)14-7-11(24)4-5-18(14,2)20(13,23)16(25)9-19(12,3)21(10,27)17(26)28;2*1-2-5-3-4-1/h4-5,7,10,12-13,15-16,25,27H,6,8-9H2,1-3H3,(H,26,28);2*1-3H,(H,4,5)/p+2/t10-,12?,13?,15+,16+,18+,19+,20+,21+;;/m1../s1. The second-order valence-electron chi connectivity index (χ2n) is 11.2. The number of aromatic nitrogens is 4. The van der Waals surface area contributed by atoms with E-state index in [0.717, 1.165) is 6.08 Å². The summed E-state index contributed by atoms with van der Waals surface area (Å²) in [4.78, 5) is 35.3. The molecule has 2 aromatic heterocycles. The molecule has 3 saturated carbocycles. The normalized spacial score (nSPS) is 42.8. The fourth-order valence-electron chi connectivity index (χ4n) is 7.48. The molecule has 2 aromatic rings. The highest BCUT2D eigenvalue weighted by atomic mass is 32.1. The molecule has 2 unspecified atom stereocenters. The molecule has 0 aromatic carbocycles. The summed E-state index contributed by atoms with van der Waals surface area (Å²) in [6, 6.07) is 0. The predicted octanol–water partition coefficient (Wildman–Crippen LogP) is 2.40. The summed E-state index contributed by atoms with van der Waals surface area (Å²) in [6.45, 7) is 4.92. The van der Waals surface area contributed by atoms with Crippen molar-refractivity contribution in [2.45, 2.75) is 63.6 Å². The summed E-state index contributed by atoms with van der Waals surface area (Å²) in [5, 5.41) is 21.6. The minimum Gasteiger partial charge on any atom is -0.390 e. The van der Waals surface area contributed by atoms with Gasteiger partial charge in [0.1, 0.15) is 36.6 Å². The Morgan fingerprint density at radius 2 is 1.74 bits per heavy atom. The van der Waals surface area contributed by atoms with E-state index in [2.05, 4.69) is 32.6 Å². The number of H-pyrrole nitrogens is 4. The van der Waals surface area contributed by atoms with Crippen molar-refractivity contribution in [3.63, 3.8) is 0 Å². The molecular formula is C27H36F2N4O4S+2. The Morgan fingerprint density at radius 1 is 1.13 bits per heavy atom. The van der Waals surface area contributed by atoms with Gasteiger partial charge >= 0.3 is 0 Å². The molecule has 3 fully saturated rings. The lowest BCUT2D eigenvalue weighted by atomic mass is 9.44. The number of rotatable bonds is 1. The summed E-state index contributed by atoms with van der Waals surface area (Å²) in [5.74, 6) is -2.29. The Morgan fingerprint density at radius 3 is 2.21 bits per heavy atom. The molecule has 206 valence electrons. The Kier molecular flexibility index (Phi) is 7.59. The molecule has 0 bridgehead atoms. The van der Waals surface area contributed by atoms with E-state index in [1.165, 1.54) is 19.1 Å². The summed E-state index contributed by atoms with van der Waals surface area (Å²) < 4.78 is 32.0. The maximum atomic E-state index is 16.8. The van der Waals surface area contributed by atoms with Crippen molar-refractivity contribution in [2.24, 2.45) is 28.6 Å². The lowest BCUT2D eigenvalue weighted by Crippen LogP contribution is -2.70. The first-order valence-electron chi connectivity index (χ1n) is 12.7. The molecule has 0 amide bonds. The van der Waals surface area contributed by atoms with Crippen LogP contribution in [0.15, 0.2) is 61.2 Å². The highest BCUT2D eigenvalue weighted by Gasteiger charge is 2.76. The molecule has 6 N–H and O–H groups in total. The molecule has 6 rings (SSSR count). The number of aliphatic hydroxyl groups is 2. The molecule has 4 aliphatic rings. The second-order valence-corrected chi connectivity index (χ2v) is 11.6. The van der Waals surface area contributed by atoms with Crippen LogP contribution in [-0.4, -0.2) is 54.6 Å². The minimum absolute atomic E-state index is 0.0629. The highest BCUT2D eigenvalue weighted by Crippen LogP contribution is 2.71. The number of carbonyl (C=O) groups is 2. The molecule has 2 heterocycles. The molecule has 0 radical (unpaired) electrons. The van der Waals surface area contributed by atoms with Gasteiger partial charge < -0.3 is 10.2 Å². The first-order chi connectivity index (χ1) is 17.8. The zero-order chi connectivity index (χ0) is 27.9. The number of hydrogen-bond donors (Lipinski definition) is 5. The number of aromatic amines is 4. The number of halogens is 2. The predicted molar refractivity (Wildman–Crippen MR) is 137 cm³/mol. The summed E-state index contributed by atoms with van der Waals surface area (Å²) >= 11 is 3.90. The van der Waals surface area contributed by atoms with Gasteiger partial charge in [0.15, 0.2) is 11.5 Å². The van der Waals surface area contributed by atoms with Crippen LogP contribution in [0.3, 0.4) is 0 Å². The SMILES string of the molecule is C[C@@H]1CC2C3C[C@H](F)C4=CC(=O)C=C[C@]4(C)[C@@]3(F)[C@@H](O)C[C@]2(C)[C@@]1(O)C(=O)S.c1c[nH+]c[nH]1.c1c[nH+]c[nH]1. The number of aliphatic hydroxyl groups excluding tert-OH is 1. The van der Waals surface area contributed by atoms with Gasteiger partial charge in [0.2, 0.25) is 17.8 Å². The van der Waals surface area contributed by atoms with E-state index in [-0.39, 0.29) is 18.4 Å². The summed E-state index contributed by atoms with van der Waals surface area (Å²) in [7, 11) is 0. The molecule has 0 saturated heterocycles. The average Bonchev–Trinajstić information content (AvgIpc) is 3.65. The first kappa shape index (κ1) is 28.4. The van der Waals surface area contributed by atoms with Gasteiger partial charge in [0, 0.05) is 16.7 Å². The molecule has 0 aliphatic heterocycles. The van der Waals surface area contributed by atoms with Crippen LogP contribution in [0.1, 0.15) is 40.0 Å². The number of imidazole rings is 2. The average molecular weight is 551 g/mol. The third-order valence-electron chi connectivity index (χ3n) is 9.42. The lowest BCUT2D eigenvalue weighted by Gasteiger charge is -2.62. The third kappa shape index (κ3) is 4.10. The number of fused-ring (bicyclic) bond motifs is 5. The third-order valence-corrected chi connectivity index (χ3v) is 9.76. The van der Waals surface area contributed by atoms with Gasteiger partial charge in [-0.1, -0.05) is 19.9 Å². The molecule has 9 atom stereocenters. The Labute approximate surface area is 225 Å². The Hall–Kier alpha value is -2.63. The molecule has 4 aliphatic carbocycles. The zero-order valence-corrected chi connectivity index (χ0v) is 22.5. The van der Waals surface area contributed by atoms with Crippen LogP contribution >= 0.6 is 12.6 Å². The van der Waals surface area contributed by atoms with E-state index >= 15 is 8.78 Å². The van der Waals surface area contributed by atoms with Crippen LogP contribution in [0.25, 0.3) is 0 Å². The topological polar surface area (TPSA) is 134 Å². The molecule has 0 spiro atoms. The van der Waals surface area contributed by atoms with Crippen LogP contribution in [0.4, 0.5) is 8.78 Å². The summed E-state index contributed by atoms with van der Waals surface area (Å²) in [6.07, 6.45) is 11.5. The smallest absolute Gasteiger partial charge is 0.239 e. The van der Waals surface area contributed by atoms with E-state index in [4.69, 9.17) is 0 Å². The van der Waals surface area contributed by atoms with Gasteiger partial charge in [-0.3, -0.25) is 29.5 Å². The summed E-state index contributed by atoms with van der Waals surface area (Å²) in [5.41, 5.74) is -6.53. The van der Waals surface area contributed by atoms with E-state index in [0.29, 0.717) is 6.42 Å². The molecular weight excluding hydrogens is 514 g/mol. The number of ketones is 1. The van der Waals surface area contributed by atoms with Crippen LogP contribution in [-0.2, 0) is 9.59 Å². The van der Waals surface area contributed by atoms with Crippen molar-refractivity contribution in [1.82, 2.24) is 9.97 Å². The number of carbonyl (C=O) groups excluding carboxylic acids is 2. The second kappa shape index (κ2) is 10.2. The van der Waals surface area contributed by atoms with Gasteiger partial charge in [-0.25, -0.2) is 8.78 Å². The van der Waals surface area contributed by atoms with Crippen LogP contribution in [0.5, 0.6) is 0 Å². The van der Waals surface area contributed by atoms with Crippen LogP contribution in [0, 0.1) is 28.6 Å². The van der Waals surface area contributed by atoms with Crippen molar-refractivity contribution in [2.75, 3.05) is 0 Å². The molecule has 8 nitrogen and oxygen atoms in total. The van der Waals surface area contributed by atoms with E-state index in [1.54, 1.807) is 26.5 Å². The van der Waals surface area contributed by atoms with Crippen molar-refractivity contribution >= 4 is 23.5 Å². The van der Waals surface area contributed by atoms with Crippen molar-refractivity contribution < 1.29 is 38.6 Å². The lowest BCUT2D eigenvalue weighted by molar-refractivity contribution is -0.376. The Bertz CT molecular complexity index is 1150. The maximum absolute atomic E-state index is 16.8. The van der Waals surface area contributed by atoms with Gasteiger partial charge in [0.05, 0.1) is 6.10 Å². The van der Waals surface area contributed by atoms with E-state index in [9.17, 15) is 19.8 Å². The highest BCUT2D eigenvalue weighted by molar-refractivity contribution is 7.96. The fourth-order valence-corrected chi connectivity index (χ4v) is 7.95. The van der Waals surface area contributed by atoms with Gasteiger partial charge in [0.25, 0.3) is 0 Å². The van der Waals surface area contributed by atoms with Gasteiger partial charge in [-0.2, -0.15) is 0 Å². The van der Waals surface area contributed by atoms with Gasteiger partial charge in [-0.05, 0) is 55.7 Å². The van der Waals surface area contributed by atoms with Crippen LogP contribution in [0.2, 0.25) is 0 Å². The number of allylic oxidation sites excluding steroid dienone is 4. The van der Waals surface area contributed by atoms with Crippen molar-refractivity contribution in [1.29, 1.82) is 0 Å². The van der Waals surface area contributed by atoms with Crippen LogP contribution < -0.4 is 9.97 Å². The number of thiol groups is 1. The largest absolute Gasteiger partial charge is 0.390 e. The van der Waals surface area contributed by atoms with Crippen molar-refractivity contribution in [3.05, 3.63) is 61.2 Å². The van der Waals surface area contributed by atoms with E-state index < -0.39 is 63.0 Å². The fraction of sp³-hybridized carbons (Fsp3) is 0.556. The van der Waals surface area contributed by atoms with Gasteiger partial charge in [-0.15, -0.1) is 12.6 Å². The minimum atomic E-state index is -2.20. The first-order valence-corrected chi connectivity index (χ1v) is 13.2. The number of nitrogens with one attached hydrogen (secondary N) is 4. The van der Waals surface area contributed by atoms with Crippen molar-refractivity contribution in [3.8, 4) is 0 Å². The monoisotopic (exact) mass is 550 g/mol.